The van der Waals surface area contributed by atoms with Crippen LogP contribution in [-0.4, -0.2) is 36.4 Å². The van der Waals surface area contributed by atoms with E-state index < -0.39 is 21.7 Å². The zero-order chi connectivity index (χ0) is 29.0. The van der Waals surface area contributed by atoms with Gasteiger partial charge in [0.1, 0.15) is 5.82 Å². The topological polar surface area (TPSA) is 82.9 Å². The maximum Gasteiger partial charge on any atom is 0.280 e. The molecule has 41 heavy (non-hydrogen) atoms. The third-order valence-electron chi connectivity index (χ3n) is 6.20. The van der Waals surface area contributed by atoms with Gasteiger partial charge in [-0.05, 0) is 65.7 Å². The first-order chi connectivity index (χ1) is 19.7. The van der Waals surface area contributed by atoms with E-state index in [9.17, 15) is 17.6 Å². The molecule has 0 bridgehead atoms. The number of hydrogen-bond acceptors (Lipinski definition) is 6. The lowest BCUT2D eigenvalue weighted by Crippen LogP contribution is -2.30. The van der Waals surface area contributed by atoms with E-state index in [1.807, 2.05) is 54.6 Å². The second-order valence-electron chi connectivity index (χ2n) is 8.96. The monoisotopic (exact) mass is 650 g/mol. The molecule has 7 nitrogen and oxygen atoms in total. The molecule has 0 fully saturated rings. The van der Waals surface area contributed by atoms with Crippen LogP contribution in [0.1, 0.15) is 28.4 Å². The highest BCUT2D eigenvalue weighted by Gasteiger charge is 2.25. The quantitative estimate of drug-likeness (QED) is 0.126. The Morgan fingerprint density at radius 2 is 1.71 bits per heavy atom. The molecular weight excluding hydrogens is 627 g/mol. The highest BCUT2D eigenvalue weighted by atomic mass is 79.9. The van der Waals surface area contributed by atoms with Crippen LogP contribution in [0.3, 0.4) is 0 Å². The second kappa shape index (κ2) is 12.4. The van der Waals surface area contributed by atoms with Crippen molar-refractivity contribution in [2.24, 2.45) is 5.10 Å². The number of halogens is 2. The van der Waals surface area contributed by atoms with E-state index in [4.69, 9.17) is 0 Å². The van der Waals surface area contributed by atoms with Crippen molar-refractivity contribution in [1.82, 2.24) is 9.29 Å². The van der Waals surface area contributed by atoms with E-state index >= 15 is 0 Å². The van der Waals surface area contributed by atoms with Gasteiger partial charge in [-0.3, -0.25) is 4.79 Å². The van der Waals surface area contributed by atoms with E-state index in [2.05, 4.69) is 26.0 Å². The summed E-state index contributed by atoms with van der Waals surface area (Å²) in [6.07, 6.45) is 1.53. The molecule has 208 valence electrons. The summed E-state index contributed by atoms with van der Waals surface area (Å²) in [5.74, 6) is -0.924. The molecule has 0 aliphatic rings. The fraction of sp³-hybridized carbons (Fsp3) is 0.100. The van der Waals surface area contributed by atoms with Crippen molar-refractivity contribution in [1.29, 1.82) is 0 Å². The molecule has 0 N–H and O–H groups in total. The van der Waals surface area contributed by atoms with Crippen molar-refractivity contribution >= 4 is 64.8 Å². The number of hydrazone groups is 1. The lowest BCUT2D eigenvalue weighted by molar-refractivity contribution is 0.0987. The molecule has 0 unspecified atom stereocenters. The summed E-state index contributed by atoms with van der Waals surface area (Å²) < 4.78 is 43.4. The first kappa shape index (κ1) is 28.7. The lowest BCUT2D eigenvalue weighted by atomic mass is 10.2. The van der Waals surface area contributed by atoms with Gasteiger partial charge in [-0.2, -0.15) is 14.4 Å². The van der Waals surface area contributed by atoms with E-state index in [1.165, 1.54) is 46.9 Å². The number of amides is 1. The molecule has 0 saturated heterocycles. The van der Waals surface area contributed by atoms with Crippen molar-refractivity contribution in [3.63, 3.8) is 0 Å². The van der Waals surface area contributed by atoms with Gasteiger partial charge in [-0.15, -0.1) is 0 Å². The highest BCUT2D eigenvalue weighted by Crippen LogP contribution is 2.31. The number of aromatic nitrogens is 1. The van der Waals surface area contributed by atoms with Gasteiger partial charge in [0.2, 0.25) is 15.2 Å². The molecule has 5 aromatic rings. The Hall–Kier alpha value is -3.77. The number of sulfonamides is 1. The summed E-state index contributed by atoms with van der Waals surface area (Å²) in [6.45, 7) is 2.30. The maximum atomic E-state index is 13.8. The number of carbonyl (C=O) groups is 1. The van der Waals surface area contributed by atoms with E-state index in [-0.39, 0.29) is 28.7 Å². The SMILES string of the molecule is CCN(Cc1ccccc1)S(=O)(=O)c1ccc(C(=O)N(/N=C/c2ccc(Br)cc2)c2nc3ccc(F)cc3s2)cc1. The molecular formula is C30H24BrFN4O3S2. The van der Waals surface area contributed by atoms with Gasteiger partial charge in [-0.1, -0.05) is 76.7 Å². The second-order valence-corrected chi connectivity index (χ2v) is 12.8. The number of benzene rings is 4. The zero-order valence-electron chi connectivity index (χ0n) is 21.8. The zero-order valence-corrected chi connectivity index (χ0v) is 25.0. The van der Waals surface area contributed by atoms with Crippen molar-refractivity contribution in [3.8, 4) is 0 Å². The summed E-state index contributed by atoms with van der Waals surface area (Å²) in [7, 11) is -3.81. The third kappa shape index (κ3) is 6.59. The largest absolute Gasteiger partial charge is 0.280 e. The smallest absolute Gasteiger partial charge is 0.267 e. The van der Waals surface area contributed by atoms with Gasteiger partial charge >= 0.3 is 0 Å². The Bertz CT molecular complexity index is 1810. The van der Waals surface area contributed by atoms with E-state index in [1.54, 1.807) is 13.0 Å². The lowest BCUT2D eigenvalue weighted by Gasteiger charge is -2.21. The number of carbonyl (C=O) groups excluding carboxylic acids is 1. The minimum absolute atomic E-state index is 0.0761. The Labute approximate surface area is 249 Å². The van der Waals surface area contributed by atoms with Gasteiger partial charge < -0.3 is 0 Å². The average molecular weight is 652 g/mol. The van der Waals surface area contributed by atoms with Crippen molar-refractivity contribution in [2.75, 3.05) is 11.6 Å². The van der Waals surface area contributed by atoms with Gasteiger partial charge in [0.15, 0.2) is 0 Å². The fourth-order valence-electron chi connectivity index (χ4n) is 4.03. The molecule has 0 atom stereocenters. The Balaban J connectivity index is 1.45. The van der Waals surface area contributed by atoms with Crippen LogP contribution in [0.2, 0.25) is 0 Å². The molecule has 0 saturated carbocycles. The Morgan fingerprint density at radius 3 is 2.39 bits per heavy atom. The van der Waals surface area contributed by atoms with Gasteiger partial charge in [0.25, 0.3) is 5.91 Å². The van der Waals surface area contributed by atoms with Crippen LogP contribution in [0.4, 0.5) is 9.52 Å². The number of nitrogens with zero attached hydrogens (tertiary/aromatic N) is 4. The van der Waals surface area contributed by atoms with Crippen molar-refractivity contribution < 1.29 is 17.6 Å². The normalized spacial score (nSPS) is 11.9. The summed E-state index contributed by atoms with van der Waals surface area (Å²) in [6, 6.07) is 26.7. The Kier molecular flexibility index (Phi) is 8.69. The minimum Gasteiger partial charge on any atom is -0.267 e. The van der Waals surface area contributed by atoms with Gasteiger partial charge in [-0.25, -0.2) is 17.8 Å². The van der Waals surface area contributed by atoms with Crippen molar-refractivity contribution in [2.45, 2.75) is 18.4 Å². The summed E-state index contributed by atoms with van der Waals surface area (Å²) >= 11 is 4.52. The first-order valence-corrected chi connectivity index (χ1v) is 15.6. The summed E-state index contributed by atoms with van der Waals surface area (Å²) in [4.78, 5) is 18.3. The standard InChI is InChI=1S/C30H24BrFN4O3S2/c1-2-35(20-22-6-4-3-5-7-22)41(38,39)26-15-10-23(11-16-26)29(37)36(33-19-21-8-12-24(31)13-9-21)30-34-27-17-14-25(32)18-28(27)40-30/h3-19H,2,20H2,1H3/b33-19+. The van der Waals surface area contributed by atoms with Crippen LogP contribution in [0.5, 0.6) is 0 Å². The van der Waals surface area contributed by atoms with Crippen LogP contribution < -0.4 is 5.01 Å². The summed E-state index contributed by atoms with van der Waals surface area (Å²) in [5.41, 5.74) is 2.37. The molecule has 0 radical (unpaired) electrons. The predicted octanol–water partition coefficient (Wildman–Crippen LogP) is 7.09. The number of rotatable bonds is 9. The van der Waals surface area contributed by atoms with Crippen molar-refractivity contribution in [3.05, 3.63) is 124 Å². The molecule has 1 amide bonds. The Morgan fingerprint density at radius 1 is 1.00 bits per heavy atom. The number of anilines is 1. The minimum atomic E-state index is -3.81. The van der Waals surface area contributed by atoms with Crippen LogP contribution >= 0.6 is 27.3 Å². The summed E-state index contributed by atoms with van der Waals surface area (Å²) in [5, 5.41) is 5.81. The average Bonchev–Trinajstić information content (AvgIpc) is 3.40. The van der Waals surface area contributed by atoms with Crippen LogP contribution in [0.15, 0.2) is 112 Å². The van der Waals surface area contributed by atoms with Crippen LogP contribution in [0.25, 0.3) is 10.2 Å². The van der Waals surface area contributed by atoms with E-state index in [0.717, 1.165) is 31.9 Å². The number of hydrogen-bond donors (Lipinski definition) is 0. The van der Waals surface area contributed by atoms with Crippen LogP contribution in [0, 0.1) is 5.82 Å². The third-order valence-corrected chi connectivity index (χ3v) is 9.66. The number of fused-ring (bicyclic) bond motifs is 1. The number of thiazole rings is 1. The fourth-order valence-corrected chi connectivity index (χ4v) is 6.68. The molecule has 1 heterocycles. The predicted molar refractivity (Wildman–Crippen MR) is 164 cm³/mol. The van der Waals surface area contributed by atoms with E-state index in [0.29, 0.717) is 10.2 Å². The first-order valence-electron chi connectivity index (χ1n) is 12.6. The van der Waals surface area contributed by atoms with Crippen LogP contribution in [-0.2, 0) is 16.6 Å². The van der Waals surface area contributed by atoms with Gasteiger partial charge in [0, 0.05) is 23.1 Å². The van der Waals surface area contributed by atoms with Gasteiger partial charge in [0.05, 0.1) is 21.3 Å². The molecule has 0 aliphatic heterocycles. The molecule has 5 rings (SSSR count). The molecule has 0 spiro atoms. The molecule has 1 aromatic heterocycles. The molecule has 11 heteroatoms. The maximum absolute atomic E-state index is 13.8. The molecule has 0 aliphatic carbocycles. The molecule has 4 aromatic carbocycles. The highest BCUT2D eigenvalue weighted by molar-refractivity contribution is 9.10.